The van der Waals surface area contributed by atoms with Crippen molar-refractivity contribution in [1.82, 2.24) is 4.90 Å². The van der Waals surface area contributed by atoms with Gasteiger partial charge in [0.05, 0.1) is 28.4 Å². The Bertz CT molecular complexity index is 1320. The van der Waals surface area contributed by atoms with Crippen LogP contribution < -0.4 is 10.4 Å². The summed E-state index contributed by atoms with van der Waals surface area (Å²) in [6.07, 6.45) is -16.1. The molecule has 42 heavy (non-hydrogen) atoms. The minimum absolute atomic E-state index is 0.0121. The van der Waals surface area contributed by atoms with Crippen LogP contribution in [-0.4, -0.2) is 36.9 Å². The molecule has 0 saturated heterocycles. The van der Waals surface area contributed by atoms with E-state index in [0.717, 1.165) is 22.8 Å². The van der Waals surface area contributed by atoms with Crippen molar-refractivity contribution < 1.29 is 53.8 Å². The SMILES string of the molecule is [B]c1cc2c(cc1C(F)(F)F)N(C(=O)OC(C)(C)C)CCCC2N(Cc1cc(C(F)(F)F)cc(C(F)(F)F)c1)C(C)=O. The molecule has 0 aliphatic carbocycles. The van der Waals surface area contributed by atoms with Gasteiger partial charge in [0, 0.05) is 20.0 Å². The zero-order valence-electron chi connectivity index (χ0n) is 22.9. The lowest BCUT2D eigenvalue weighted by molar-refractivity contribution is -0.143. The van der Waals surface area contributed by atoms with Gasteiger partial charge >= 0.3 is 24.6 Å². The van der Waals surface area contributed by atoms with Gasteiger partial charge < -0.3 is 9.64 Å². The predicted octanol–water partition coefficient (Wildman–Crippen LogP) is 7.16. The molecule has 15 heteroatoms. The standard InChI is InChI=1S/C27H26BF9N2O3/c1-14(40)39(13-15-8-16(25(29,30)31)10-17(9-15)26(32,33)34)21-6-5-7-38(23(41)42-24(2,3)4)22-12-19(27(35,36)37)20(28)11-18(21)22/h8-12,21H,5-7,13H2,1-4H3. The number of alkyl halides is 9. The highest BCUT2D eigenvalue weighted by molar-refractivity contribution is 6.33. The molecular formula is C27H26BF9N2O3. The molecule has 1 heterocycles. The summed E-state index contributed by atoms with van der Waals surface area (Å²) in [4.78, 5) is 27.7. The molecule has 0 fully saturated rings. The summed E-state index contributed by atoms with van der Waals surface area (Å²) < 4.78 is 127. The molecule has 0 bridgehead atoms. The summed E-state index contributed by atoms with van der Waals surface area (Å²) in [5, 5.41) is 0. The summed E-state index contributed by atoms with van der Waals surface area (Å²) >= 11 is 0. The Morgan fingerprint density at radius 3 is 1.90 bits per heavy atom. The molecule has 228 valence electrons. The molecular weight excluding hydrogens is 582 g/mol. The van der Waals surface area contributed by atoms with Crippen LogP contribution in [0.15, 0.2) is 30.3 Å². The highest BCUT2D eigenvalue weighted by Crippen LogP contribution is 2.42. The van der Waals surface area contributed by atoms with Crippen LogP contribution in [0.3, 0.4) is 0 Å². The van der Waals surface area contributed by atoms with E-state index in [-0.39, 0.29) is 36.7 Å². The summed E-state index contributed by atoms with van der Waals surface area (Å²) in [6, 6.07) is 1.25. The summed E-state index contributed by atoms with van der Waals surface area (Å²) in [7, 11) is 5.72. The number of hydrogen-bond donors (Lipinski definition) is 0. The second-order valence-corrected chi connectivity index (χ2v) is 10.8. The molecule has 5 nitrogen and oxygen atoms in total. The summed E-state index contributed by atoms with van der Waals surface area (Å²) in [5.74, 6) is -0.791. The summed E-state index contributed by atoms with van der Waals surface area (Å²) in [6.45, 7) is 4.73. The fourth-order valence-corrected chi connectivity index (χ4v) is 4.67. The Hall–Kier alpha value is -3.39. The van der Waals surface area contributed by atoms with Crippen molar-refractivity contribution in [3.63, 3.8) is 0 Å². The van der Waals surface area contributed by atoms with Crippen molar-refractivity contribution in [2.75, 3.05) is 11.4 Å². The van der Waals surface area contributed by atoms with Crippen LogP contribution in [-0.2, 0) is 34.6 Å². The van der Waals surface area contributed by atoms with E-state index in [1.807, 2.05) is 0 Å². The average Bonchev–Trinajstić information content (AvgIpc) is 2.98. The number of amides is 2. The van der Waals surface area contributed by atoms with Crippen LogP contribution in [0.1, 0.15) is 74.4 Å². The third-order valence-corrected chi connectivity index (χ3v) is 6.41. The molecule has 2 radical (unpaired) electrons. The monoisotopic (exact) mass is 608 g/mol. The van der Waals surface area contributed by atoms with E-state index in [2.05, 4.69) is 0 Å². The molecule has 2 aromatic carbocycles. The first kappa shape index (κ1) is 33.1. The first-order chi connectivity index (χ1) is 19.0. The third kappa shape index (κ3) is 7.71. The van der Waals surface area contributed by atoms with Crippen LogP contribution in [0.2, 0.25) is 0 Å². The molecule has 1 unspecified atom stereocenters. The minimum atomic E-state index is -5.14. The van der Waals surface area contributed by atoms with Crippen molar-refractivity contribution in [1.29, 1.82) is 0 Å². The zero-order valence-corrected chi connectivity index (χ0v) is 22.9. The van der Waals surface area contributed by atoms with Gasteiger partial charge in [0.15, 0.2) is 0 Å². The number of rotatable bonds is 3. The van der Waals surface area contributed by atoms with Crippen LogP contribution in [0.5, 0.6) is 0 Å². The van der Waals surface area contributed by atoms with E-state index in [9.17, 15) is 49.1 Å². The highest BCUT2D eigenvalue weighted by Gasteiger charge is 2.40. The van der Waals surface area contributed by atoms with Gasteiger partial charge in [-0.05, 0) is 69.0 Å². The van der Waals surface area contributed by atoms with Gasteiger partial charge in [-0.25, -0.2) is 4.79 Å². The number of nitrogens with zero attached hydrogens (tertiary/aromatic N) is 2. The lowest BCUT2D eigenvalue weighted by Crippen LogP contribution is -2.38. The van der Waals surface area contributed by atoms with Crippen molar-refractivity contribution in [3.05, 3.63) is 58.1 Å². The minimum Gasteiger partial charge on any atom is -0.443 e. The maximum absolute atomic E-state index is 13.8. The fourth-order valence-electron chi connectivity index (χ4n) is 4.67. The second kappa shape index (κ2) is 11.4. The lowest BCUT2D eigenvalue weighted by Gasteiger charge is -2.33. The van der Waals surface area contributed by atoms with E-state index in [1.54, 1.807) is 0 Å². The number of carbonyl (C=O) groups excluding carboxylic acids is 2. The van der Waals surface area contributed by atoms with Gasteiger partial charge in [0.2, 0.25) is 5.91 Å². The molecule has 1 aliphatic rings. The molecule has 0 aromatic heterocycles. The van der Waals surface area contributed by atoms with Crippen molar-refractivity contribution in [2.24, 2.45) is 0 Å². The number of halogens is 9. The first-order valence-corrected chi connectivity index (χ1v) is 12.6. The number of anilines is 1. The van der Waals surface area contributed by atoms with Gasteiger partial charge in [-0.3, -0.25) is 9.69 Å². The van der Waals surface area contributed by atoms with Gasteiger partial charge in [-0.1, -0.05) is 11.5 Å². The molecule has 0 N–H and O–H groups in total. The summed E-state index contributed by atoms with van der Waals surface area (Å²) in [5.41, 5.74) is -7.12. The Morgan fingerprint density at radius 2 is 1.45 bits per heavy atom. The smallest absolute Gasteiger partial charge is 0.416 e. The maximum atomic E-state index is 13.8. The lowest BCUT2D eigenvalue weighted by atomic mass is 9.85. The predicted molar refractivity (Wildman–Crippen MR) is 135 cm³/mol. The van der Waals surface area contributed by atoms with Crippen molar-refractivity contribution in [3.8, 4) is 0 Å². The number of carbonyl (C=O) groups is 2. The van der Waals surface area contributed by atoms with Gasteiger partial charge in [-0.2, -0.15) is 39.5 Å². The largest absolute Gasteiger partial charge is 0.443 e. The van der Waals surface area contributed by atoms with E-state index in [1.165, 1.54) is 20.8 Å². The average molecular weight is 608 g/mol. The second-order valence-electron chi connectivity index (χ2n) is 10.8. The Balaban J connectivity index is 2.20. The molecule has 1 aliphatic heterocycles. The number of ether oxygens (including phenoxy) is 1. The Labute approximate surface area is 237 Å². The Morgan fingerprint density at radius 1 is 0.905 bits per heavy atom. The van der Waals surface area contributed by atoms with E-state index in [4.69, 9.17) is 12.6 Å². The van der Waals surface area contributed by atoms with Gasteiger partial charge in [0.1, 0.15) is 13.4 Å². The van der Waals surface area contributed by atoms with Gasteiger partial charge in [-0.15, -0.1) is 0 Å². The molecule has 2 aromatic rings. The molecule has 1 atom stereocenters. The third-order valence-electron chi connectivity index (χ3n) is 6.41. The van der Waals surface area contributed by atoms with E-state index < -0.39 is 76.4 Å². The number of hydrogen-bond acceptors (Lipinski definition) is 3. The number of fused-ring (bicyclic) bond motifs is 1. The Kier molecular flexibility index (Phi) is 8.96. The molecule has 2 amide bonds. The first-order valence-electron chi connectivity index (χ1n) is 12.6. The molecule has 0 saturated carbocycles. The van der Waals surface area contributed by atoms with Gasteiger partial charge in [0.25, 0.3) is 0 Å². The van der Waals surface area contributed by atoms with Crippen LogP contribution in [0, 0.1) is 0 Å². The number of benzene rings is 2. The quantitative estimate of drug-likeness (QED) is 0.275. The highest BCUT2D eigenvalue weighted by atomic mass is 19.4. The topological polar surface area (TPSA) is 49.9 Å². The van der Waals surface area contributed by atoms with E-state index >= 15 is 0 Å². The van der Waals surface area contributed by atoms with Crippen LogP contribution in [0.4, 0.5) is 50.0 Å². The van der Waals surface area contributed by atoms with Crippen molar-refractivity contribution >= 4 is 31.0 Å². The van der Waals surface area contributed by atoms with E-state index in [0.29, 0.717) is 18.2 Å². The van der Waals surface area contributed by atoms with Crippen LogP contribution in [0.25, 0.3) is 0 Å². The zero-order chi connectivity index (χ0) is 32.0. The maximum Gasteiger partial charge on any atom is 0.416 e. The van der Waals surface area contributed by atoms with Crippen molar-refractivity contribution in [2.45, 2.75) is 77.3 Å². The normalized spacial score (nSPS) is 16.5. The molecule has 3 rings (SSSR count). The molecule has 0 spiro atoms. The fraction of sp³-hybridized carbons (Fsp3) is 0.481. The van der Waals surface area contributed by atoms with Crippen LogP contribution >= 0.6 is 0 Å².